The first-order valence-corrected chi connectivity index (χ1v) is 12.7. The molecular weight excluding hydrogens is 504 g/mol. The van der Waals surface area contributed by atoms with Crippen LogP contribution >= 0.6 is 15.9 Å². The maximum atomic E-state index is 13.6. The number of hydrogen-bond donors (Lipinski definition) is 1. The highest BCUT2D eigenvalue weighted by molar-refractivity contribution is 9.10. The molecule has 184 valence electrons. The molecule has 1 N–H and O–H groups in total. The summed E-state index contributed by atoms with van der Waals surface area (Å²) in [4.78, 5) is 28.5. The number of aryl methyl sites for hydroxylation is 2. The van der Waals surface area contributed by atoms with Gasteiger partial charge in [-0.15, -0.1) is 0 Å². The van der Waals surface area contributed by atoms with Gasteiger partial charge in [-0.05, 0) is 54.7 Å². The lowest BCUT2D eigenvalue weighted by atomic mass is 10.0. The first-order valence-electron chi connectivity index (χ1n) is 11.9. The minimum atomic E-state index is -0.659. The Hall–Kier alpha value is -3.12. The average molecular weight is 537 g/mol. The zero-order chi connectivity index (χ0) is 25.2. The van der Waals surface area contributed by atoms with Gasteiger partial charge in [-0.3, -0.25) is 9.59 Å². The number of nitrogens with one attached hydrogen (secondary N) is 1. The lowest BCUT2D eigenvalue weighted by Gasteiger charge is -2.31. The van der Waals surface area contributed by atoms with E-state index in [9.17, 15) is 9.59 Å². The highest BCUT2D eigenvalue weighted by Gasteiger charge is 2.30. The van der Waals surface area contributed by atoms with Gasteiger partial charge in [0.25, 0.3) is 5.91 Å². The van der Waals surface area contributed by atoms with Crippen molar-refractivity contribution in [2.45, 2.75) is 46.2 Å². The van der Waals surface area contributed by atoms with E-state index in [0.29, 0.717) is 25.3 Å². The van der Waals surface area contributed by atoms with Crippen LogP contribution in [0.4, 0.5) is 0 Å². The van der Waals surface area contributed by atoms with E-state index in [-0.39, 0.29) is 18.4 Å². The van der Waals surface area contributed by atoms with Crippen molar-refractivity contribution in [1.29, 1.82) is 0 Å². The molecular formula is C29H33BrN2O3. The molecule has 0 spiro atoms. The van der Waals surface area contributed by atoms with Crippen molar-refractivity contribution in [1.82, 2.24) is 10.2 Å². The third-order valence-electron chi connectivity index (χ3n) is 5.79. The molecule has 0 saturated heterocycles. The van der Waals surface area contributed by atoms with Crippen molar-refractivity contribution in [2.24, 2.45) is 0 Å². The highest BCUT2D eigenvalue weighted by Crippen LogP contribution is 2.26. The van der Waals surface area contributed by atoms with Gasteiger partial charge in [-0.25, -0.2) is 0 Å². The molecule has 5 nitrogen and oxygen atoms in total. The molecule has 0 aromatic heterocycles. The second-order valence-electron chi connectivity index (χ2n) is 8.66. The first kappa shape index (κ1) is 26.5. The number of hydrogen-bond acceptors (Lipinski definition) is 3. The molecule has 0 aliphatic heterocycles. The summed E-state index contributed by atoms with van der Waals surface area (Å²) in [5.41, 5.74) is 4.02. The van der Waals surface area contributed by atoms with E-state index in [2.05, 4.69) is 21.2 Å². The molecule has 0 unspecified atom stereocenters. The van der Waals surface area contributed by atoms with Gasteiger partial charge in [-0.2, -0.15) is 0 Å². The first-order chi connectivity index (χ1) is 16.9. The highest BCUT2D eigenvalue weighted by atomic mass is 79.9. The molecule has 0 fully saturated rings. The van der Waals surface area contributed by atoms with Crippen molar-refractivity contribution in [3.05, 3.63) is 99.5 Å². The minimum Gasteiger partial charge on any atom is -0.484 e. The van der Waals surface area contributed by atoms with Crippen molar-refractivity contribution >= 4 is 27.7 Å². The molecule has 1 atom stereocenters. The van der Waals surface area contributed by atoms with E-state index in [4.69, 9.17) is 4.74 Å². The lowest BCUT2D eigenvalue weighted by molar-refractivity contribution is -0.142. The Bertz CT molecular complexity index is 1100. The van der Waals surface area contributed by atoms with Gasteiger partial charge in [0.15, 0.2) is 6.61 Å². The van der Waals surface area contributed by atoms with Crippen LogP contribution in [-0.4, -0.2) is 35.9 Å². The molecule has 0 heterocycles. The van der Waals surface area contributed by atoms with Gasteiger partial charge >= 0.3 is 0 Å². The number of rotatable bonds is 11. The lowest BCUT2D eigenvalue weighted by Crippen LogP contribution is -2.51. The van der Waals surface area contributed by atoms with Crippen molar-refractivity contribution in [2.75, 3.05) is 13.2 Å². The average Bonchev–Trinajstić information content (AvgIpc) is 2.87. The van der Waals surface area contributed by atoms with Crippen LogP contribution in [0.25, 0.3) is 0 Å². The maximum Gasteiger partial charge on any atom is 0.261 e. The molecule has 0 radical (unpaired) electrons. The Kier molecular flexibility index (Phi) is 9.91. The molecule has 3 rings (SSSR count). The molecule has 3 aromatic rings. The normalized spacial score (nSPS) is 11.5. The molecule has 0 aliphatic rings. The number of benzene rings is 3. The predicted molar refractivity (Wildman–Crippen MR) is 143 cm³/mol. The van der Waals surface area contributed by atoms with Crippen LogP contribution in [0.15, 0.2) is 77.3 Å². The Morgan fingerprint density at radius 2 is 1.51 bits per heavy atom. The summed E-state index contributed by atoms with van der Waals surface area (Å²) in [5, 5.41) is 2.99. The van der Waals surface area contributed by atoms with E-state index < -0.39 is 6.04 Å². The number of halogens is 1. The number of amides is 2. The summed E-state index contributed by atoms with van der Waals surface area (Å²) in [6.07, 6.45) is 1.24. The Morgan fingerprint density at radius 3 is 2.09 bits per heavy atom. The standard InChI is InChI=1S/C29H33BrN2O3/c1-4-15-31-29(34)26(18-23-11-7-5-8-12-23)32(19-24-13-9-6-10-14-24)27(33)20-35-25-16-21(2)28(30)22(3)17-25/h5-14,16-17,26H,4,15,18-20H2,1-3H3,(H,31,34)/t26-/m1/s1. The van der Waals surface area contributed by atoms with Crippen LogP contribution in [0.2, 0.25) is 0 Å². The van der Waals surface area contributed by atoms with Crippen molar-refractivity contribution < 1.29 is 14.3 Å². The SMILES string of the molecule is CCCNC(=O)[C@@H](Cc1ccccc1)N(Cc1ccccc1)C(=O)COc1cc(C)c(Br)c(C)c1. The van der Waals surface area contributed by atoms with Crippen molar-refractivity contribution in [3.63, 3.8) is 0 Å². The minimum absolute atomic E-state index is 0.153. The Morgan fingerprint density at radius 1 is 0.943 bits per heavy atom. The fraction of sp³-hybridized carbons (Fsp3) is 0.310. The Balaban J connectivity index is 1.88. The summed E-state index contributed by atoms with van der Waals surface area (Å²) < 4.78 is 6.95. The van der Waals surface area contributed by atoms with Crippen molar-refractivity contribution in [3.8, 4) is 5.75 Å². The van der Waals surface area contributed by atoms with Crippen LogP contribution in [0.1, 0.15) is 35.6 Å². The summed E-state index contributed by atoms with van der Waals surface area (Å²) in [5.74, 6) is 0.237. The van der Waals surface area contributed by atoms with Gasteiger partial charge in [0.05, 0.1) is 0 Å². The third kappa shape index (κ3) is 7.69. The van der Waals surface area contributed by atoms with E-state index in [0.717, 1.165) is 33.1 Å². The number of carbonyl (C=O) groups is 2. The second-order valence-corrected chi connectivity index (χ2v) is 9.46. The van der Waals surface area contributed by atoms with E-state index >= 15 is 0 Å². The van der Waals surface area contributed by atoms with E-state index in [1.165, 1.54) is 0 Å². The zero-order valence-electron chi connectivity index (χ0n) is 20.6. The third-order valence-corrected chi connectivity index (χ3v) is 7.04. The van der Waals surface area contributed by atoms with Crippen LogP contribution in [-0.2, 0) is 22.6 Å². The van der Waals surface area contributed by atoms with Gasteiger partial charge in [0, 0.05) is 24.0 Å². The number of carbonyl (C=O) groups excluding carboxylic acids is 2. The van der Waals surface area contributed by atoms with Gasteiger partial charge in [0.1, 0.15) is 11.8 Å². The molecule has 6 heteroatoms. The van der Waals surface area contributed by atoms with Crippen LogP contribution < -0.4 is 10.1 Å². The van der Waals surface area contributed by atoms with Gasteiger partial charge in [0.2, 0.25) is 5.91 Å². The summed E-state index contributed by atoms with van der Waals surface area (Å²) >= 11 is 3.57. The largest absolute Gasteiger partial charge is 0.484 e. The molecule has 0 bridgehead atoms. The number of nitrogens with zero attached hydrogens (tertiary/aromatic N) is 1. The monoisotopic (exact) mass is 536 g/mol. The fourth-order valence-corrected chi connectivity index (χ4v) is 4.15. The van der Waals surface area contributed by atoms with E-state index in [1.54, 1.807) is 4.90 Å². The molecule has 3 aromatic carbocycles. The summed E-state index contributed by atoms with van der Waals surface area (Å²) in [6, 6.07) is 22.7. The Labute approximate surface area is 216 Å². The predicted octanol–water partition coefficient (Wildman–Crippen LogP) is 5.61. The molecule has 0 aliphatic carbocycles. The van der Waals surface area contributed by atoms with Crippen LogP contribution in [0.5, 0.6) is 5.75 Å². The summed E-state index contributed by atoms with van der Waals surface area (Å²) in [7, 11) is 0. The topological polar surface area (TPSA) is 58.6 Å². The fourth-order valence-electron chi connectivity index (χ4n) is 3.92. The van der Waals surface area contributed by atoms with Gasteiger partial charge < -0.3 is 15.0 Å². The second kappa shape index (κ2) is 13.1. The summed E-state index contributed by atoms with van der Waals surface area (Å²) in [6.45, 7) is 6.71. The molecule has 0 saturated carbocycles. The zero-order valence-corrected chi connectivity index (χ0v) is 22.2. The molecule has 35 heavy (non-hydrogen) atoms. The smallest absolute Gasteiger partial charge is 0.261 e. The van der Waals surface area contributed by atoms with Crippen LogP contribution in [0.3, 0.4) is 0 Å². The quantitative estimate of drug-likeness (QED) is 0.346. The molecule has 2 amide bonds. The van der Waals surface area contributed by atoms with Gasteiger partial charge in [-0.1, -0.05) is 83.5 Å². The van der Waals surface area contributed by atoms with E-state index in [1.807, 2.05) is 93.6 Å². The number of ether oxygens (including phenoxy) is 1. The van der Waals surface area contributed by atoms with Crippen LogP contribution in [0, 0.1) is 13.8 Å². The maximum absolute atomic E-state index is 13.6.